The van der Waals surface area contributed by atoms with Gasteiger partial charge in [-0.1, -0.05) is 12.1 Å². The minimum atomic E-state index is -0.347. The number of carbonyl (C=O) groups excluding carboxylic acids is 1. The molecule has 6 nitrogen and oxygen atoms in total. The van der Waals surface area contributed by atoms with Gasteiger partial charge in [0.15, 0.2) is 5.76 Å². The Morgan fingerprint density at radius 1 is 1.32 bits per heavy atom. The Labute approximate surface area is 126 Å². The van der Waals surface area contributed by atoms with Gasteiger partial charge in [0.2, 0.25) is 0 Å². The van der Waals surface area contributed by atoms with Crippen LogP contribution in [0.2, 0.25) is 0 Å². The van der Waals surface area contributed by atoms with Gasteiger partial charge in [-0.05, 0) is 31.2 Å². The van der Waals surface area contributed by atoms with Crippen LogP contribution in [-0.4, -0.2) is 16.1 Å². The summed E-state index contributed by atoms with van der Waals surface area (Å²) in [4.78, 5) is 12.6. The number of benzene rings is 1. The molecule has 3 rings (SSSR count). The molecular weight excluding hydrogens is 280 g/mol. The van der Waals surface area contributed by atoms with Crippen LogP contribution in [0, 0.1) is 18.3 Å². The maximum Gasteiger partial charge on any atom is 0.259 e. The van der Waals surface area contributed by atoms with Crippen molar-refractivity contribution in [2.75, 3.05) is 5.32 Å². The lowest BCUT2D eigenvalue weighted by atomic mass is 10.1. The van der Waals surface area contributed by atoms with Crippen molar-refractivity contribution in [3.05, 3.63) is 59.5 Å². The summed E-state index contributed by atoms with van der Waals surface area (Å²) in [5, 5.41) is 18.7. The van der Waals surface area contributed by atoms with Gasteiger partial charge < -0.3 is 9.73 Å². The molecule has 0 saturated carbocycles. The number of nitrogens with zero attached hydrogens (tertiary/aromatic N) is 2. The fourth-order valence-electron chi connectivity index (χ4n) is 2.17. The number of anilines is 1. The van der Waals surface area contributed by atoms with E-state index in [0.29, 0.717) is 34.0 Å². The third-order valence-corrected chi connectivity index (χ3v) is 3.22. The summed E-state index contributed by atoms with van der Waals surface area (Å²) in [5.41, 5.74) is 2.31. The Balaban J connectivity index is 1.97. The molecule has 6 heteroatoms. The number of para-hydroxylation sites is 1. The zero-order chi connectivity index (χ0) is 15.5. The van der Waals surface area contributed by atoms with Gasteiger partial charge in [0, 0.05) is 5.69 Å². The maximum atomic E-state index is 12.6. The van der Waals surface area contributed by atoms with E-state index in [1.54, 1.807) is 43.3 Å². The Bertz CT molecular complexity index is 857. The van der Waals surface area contributed by atoms with E-state index < -0.39 is 0 Å². The van der Waals surface area contributed by atoms with Gasteiger partial charge in [-0.25, -0.2) is 0 Å². The first-order valence-corrected chi connectivity index (χ1v) is 6.60. The first-order chi connectivity index (χ1) is 10.7. The van der Waals surface area contributed by atoms with Crippen molar-refractivity contribution in [2.24, 2.45) is 0 Å². The zero-order valence-corrected chi connectivity index (χ0v) is 11.8. The molecule has 0 radical (unpaired) electrons. The number of carbonyl (C=O) groups is 1. The van der Waals surface area contributed by atoms with Crippen LogP contribution in [0.15, 0.2) is 47.1 Å². The average molecular weight is 292 g/mol. The van der Waals surface area contributed by atoms with Gasteiger partial charge in [-0.2, -0.15) is 10.4 Å². The molecule has 0 aliphatic heterocycles. The number of nitrogens with one attached hydrogen (secondary N) is 2. The highest BCUT2D eigenvalue weighted by Crippen LogP contribution is 2.25. The predicted molar refractivity (Wildman–Crippen MR) is 80.1 cm³/mol. The molecule has 1 aromatic carbocycles. The average Bonchev–Trinajstić information content (AvgIpc) is 3.16. The van der Waals surface area contributed by atoms with Crippen LogP contribution < -0.4 is 5.32 Å². The normalized spacial score (nSPS) is 10.2. The van der Waals surface area contributed by atoms with Crippen LogP contribution >= 0.6 is 0 Å². The fraction of sp³-hybridized carbons (Fsp3) is 0.0625. The maximum absolute atomic E-state index is 12.6. The van der Waals surface area contributed by atoms with Crippen LogP contribution in [-0.2, 0) is 0 Å². The molecule has 0 atom stereocenters. The summed E-state index contributed by atoms with van der Waals surface area (Å²) >= 11 is 0. The number of hydrogen-bond acceptors (Lipinski definition) is 4. The zero-order valence-electron chi connectivity index (χ0n) is 11.8. The quantitative estimate of drug-likeness (QED) is 0.775. The fourth-order valence-corrected chi connectivity index (χ4v) is 2.17. The molecule has 0 bridgehead atoms. The van der Waals surface area contributed by atoms with E-state index in [9.17, 15) is 4.79 Å². The van der Waals surface area contributed by atoms with E-state index in [2.05, 4.69) is 15.5 Å². The van der Waals surface area contributed by atoms with Crippen molar-refractivity contribution in [1.82, 2.24) is 10.2 Å². The third kappa shape index (κ3) is 2.36. The van der Waals surface area contributed by atoms with Crippen LogP contribution in [0.5, 0.6) is 0 Å². The second-order valence-corrected chi connectivity index (χ2v) is 4.66. The highest BCUT2D eigenvalue weighted by atomic mass is 16.3. The number of rotatable bonds is 3. The van der Waals surface area contributed by atoms with E-state index in [0.717, 1.165) is 0 Å². The Hall–Kier alpha value is -3.33. The molecule has 3 aromatic rings. The molecular formula is C16H12N4O2. The smallest absolute Gasteiger partial charge is 0.259 e. The van der Waals surface area contributed by atoms with Crippen LogP contribution in [0.4, 0.5) is 5.69 Å². The SMILES string of the molecule is Cc1[nH]nc(-c2ccco2)c1C(=O)Nc1ccccc1C#N. The molecule has 2 aromatic heterocycles. The first kappa shape index (κ1) is 13.6. The number of aromatic amines is 1. The van der Waals surface area contributed by atoms with Gasteiger partial charge in [-0.15, -0.1) is 0 Å². The van der Waals surface area contributed by atoms with Crippen LogP contribution in [0.1, 0.15) is 21.6 Å². The molecule has 0 unspecified atom stereocenters. The summed E-state index contributed by atoms with van der Waals surface area (Å²) in [6, 6.07) is 12.3. The lowest BCUT2D eigenvalue weighted by molar-refractivity contribution is 0.102. The molecule has 0 spiro atoms. The number of nitriles is 1. The molecule has 2 N–H and O–H groups in total. The largest absolute Gasteiger partial charge is 0.463 e. The standard InChI is InChI=1S/C16H12N4O2/c1-10-14(15(20-19-10)13-7-4-8-22-13)16(21)18-12-6-3-2-5-11(12)9-17/h2-8H,1H3,(H,18,21)(H,19,20). The third-order valence-electron chi connectivity index (χ3n) is 3.22. The molecule has 1 amide bonds. The Morgan fingerprint density at radius 2 is 2.14 bits per heavy atom. The van der Waals surface area contributed by atoms with Crippen molar-refractivity contribution in [3.63, 3.8) is 0 Å². The van der Waals surface area contributed by atoms with E-state index in [1.807, 2.05) is 6.07 Å². The number of aryl methyl sites for hydroxylation is 1. The van der Waals surface area contributed by atoms with E-state index >= 15 is 0 Å². The van der Waals surface area contributed by atoms with Crippen molar-refractivity contribution >= 4 is 11.6 Å². The monoisotopic (exact) mass is 292 g/mol. The Kier molecular flexibility index (Phi) is 3.46. The number of H-pyrrole nitrogens is 1. The summed E-state index contributed by atoms with van der Waals surface area (Å²) < 4.78 is 5.30. The summed E-state index contributed by atoms with van der Waals surface area (Å²) in [6.45, 7) is 1.75. The first-order valence-electron chi connectivity index (χ1n) is 6.60. The predicted octanol–water partition coefficient (Wildman–Crippen LogP) is 3.10. The lowest BCUT2D eigenvalue weighted by Crippen LogP contribution is -2.14. The number of aromatic nitrogens is 2. The van der Waals surface area contributed by atoms with E-state index in [1.165, 1.54) is 6.26 Å². The summed E-state index contributed by atoms with van der Waals surface area (Å²) in [5.74, 6) is 0.156. The minimum absolute atomic E-state index is 0.347. The van der Waals surface area contributed by atoms with Crippen molar-refractivity contribution in [2.45, 2.75) is 6.92 Å². The molecule has 108 valence electrons. The summed E-state index contributed by atoms with van der Waals surface area (Å²) in [7, 11) is 0. The van der Waals surface area contributed by atoms with Crippen molar-refractivity contribution in [3.8, 4) is 17.5 Å². The lowest BCUT2D eigenvalue weighted by Gasteiger charge is -2.07. The molecule has 0 fully saturated rings. The number of amides is 1. The Morgan fingerprint density at radius 3 is 2.86 bits per heavy atom. The van der Waals surface area contributed by atoms with Gasteiger partial charge in [0.25, 0.3) is 5.91 Å². The van der Waals surface area contributed by atoms with Crippen LogP contribution in [0.25, 0.3) is 11.5 Å². The van der Waals surface area contributed by atoms with E-state index in [-0.39, 0.29) is 5.91 Å². The summed E-state index contributed by atoms with van der Waals surface area (Å²) in [6.07, 6.45) is 1.52. The molecule has 0 aliphatic rings. The molecule has 2 heterocycles. The van der Waals surface area contributed by atoms with Gasteiger partial charge in [0.05, 0.1) is 23.1 Å². The van der Waals surface area contributed by atoms with Crippen molar-refractivity contribution < 1.29 is 9.21 Å². The van der Waals surface area contributed by atoms with Gasteiger partial charge in [-0.3, -0.25) is 9.89 Å². The highest BCUT2D eigenvalue weighted by molar-refractivity contribution is 6.09. The molecule has 22 heavy (non-hydrogen) atoms. The number of furan rings is 1. The number of hydrogen-bond donors (Lipinski definition) is 2. The van der Waals surface area contributed by atoms with Gasteiger partial charge in [0.1, 0.15) is 11.8 Å². The van der Waals surface area contributed by atoms with Gasteiger partial charge >= 0.3 is 0 Å². The molecule has 0 saturated heterocycles. The second kappa shape index (κ2) is 5.58. The second-order valence-electron chi connectivity index (χ2n) is 4.66. The van der Waals surface area contributed by atoms with Crippen LogP contribution in [0.3, 0.4) is 0 Å². The van der Waals surface area contributed by atoms with E-state index in [4.69, 9.17) is 9.68 Å². The minimum Gasteiger partial charge on any atom is -0.463 e. The molecule has 0 aliphatic carbocycles. The topological polar surface area (TPSA) is 94.7 Å². The van der Waals surface area contributed by atoms with Crippen molar-refractivity contribution in [1.29, 1.82) is 5.26 Å². The highest BCUT2D eigenvalue weighted by Gasteiger charge is 2.21.